The minimum Gasteiger partial charge on any atom is -0.336 e. The normalized spacial score (nSPS) is 15.3. The molecule has 1 aliphatic heterocycles. The molecule has 2 amide bonds. The van der Waals surface area contributed by atoms with E-state index in [0.29, 0.717) is 26.2 Å². The van der Waals surface area contributed by atoms with E-state index in [4.69, 9.17) is 0 Å². The van der Waals surface area contributed by atoms with Gasteiger partial charge in [-0.25, -0.2) is 0 Å². The fraction of sp³-hybridized carbons (Fsp3) is 0.263. The van der Waals surface area contributed by atoms with Gasteiger partial charge in [-0.15, -0.1) is 0 Å². The summed E-state index contributed by atoms with van der Waals surface area (Å²) in [6.45, 7) is 4.15. The molecule has 0 atom stereocenters. The minimum atomic E-state index is 0.0183. The Hall–Kier alpha value is -2.62. The summed E-state index contributed by atoms with van der Waals surface area (Å²) in [5.41, 5.74) is 0.733. The third-order valence-corrected chi connectivity index (χ3v) is 4.21. The highest BCUT2D eigenvalue weighted by molar-refractivity contribution is 6.07. The fourth-order valence-corrected chi connectivity index (χ4v) is 2.96. The first-order valence-corrected chi connectivity index (χ1v) is 7.89. The second-order valence-corrected chi connectivity index (χ2v) is 5.64. The molecule has 0 N–H and O–H groups in total. The fourth-order valence-electron chi connectivity index (χ4n) is 2.96. The number of allylic oxidation sites excluding steroid dienone is 1. The van der Waals surface area contributed by atoms with Crippen molar-refractivity contribution in [2.75, 3.05) is 26.2 Å². The maximum atomic E-state index is 12.8. The average molecular weight is 308 g/mol. The van der Waals surface area contributed by atoms with E-state index >= 15 is 0 Å². The maximum Gasteiger partial charge on any atom is 0.254 e. The van der Waals surface area contributed by atoms with Crippen LogP contribution in [0.25, 0.3) is 10.8 Å². The van der Waals surface area contributed by atoms with Crippen molar-refractivity contribution in [3.8, 4) is 0 Å². The number of rotatable bonds is 2. The predicted octanol–water partition coefficient (Wildman–Crippen LogP) is 2.70. The van der Waals surface area contributed by atoms with E-state index in [1.165, 1.54) is 0 Å². The van der Waals surface area contributed by atoms with Crippen LogP contribution in [-0.4, -0.2) is 47.8 Å². The molecule has 118 valence electrons. The monoisotopic (exact) mass is 308 g/mol. The molecule has 1 saturated heterocycles. The van der Waals surface area contributed by atoms with Crippen LogP contribution in [0.1, 0.15) is 17.3 Å². The van der Waals surface area contributed by atoms with Crippen LogP contribution >= 0.6 is 0 Å². The van der Waals surface area contributed by atoms with E-state index < -0.39 is 0 Å². The summed E-state index contributed by atoms with van der Waals surface area (Å²) in [7, 11) is 0. The minimum absolute atomic E-state index is 0.0183. The van der Waals surface area contributed by atoms with Crippen molar-refractivity contribution in [1.82, 2.24) is 9.80 Å². The lowest BCUT2D eigenvalue weighted by Crippen LogP contribution is -2.50. The molecule has 0 spiro atoms. The van der Waals surface area contributed by atoms with Gasteiger partial charge in [0.2, 0.25) is 5.91 Å². The Morgan fingerprint density at radius 1 is 0.913 bits per heavy atom. The largest absolute Gasteiger partial charge is 0.336 e. The molecule has 2 aromatic carbocycles. The van der Waals surface area contributed by atoms with E-state index in [1.807, 2.05) is 54.3 Å². The van der Waals surface area contributed by atoms with Crippen LogP contribution in [0.15, 0.2) is 54.6 Å². The number of hydrogen-bond donors (Lipinski definition) is 0. The zero-order chi connectivity index (χ0) is 16.2. The van der Waals surface area contributed by atoms with Gasteiger partial charge in [0.1, 0.15) is 0 Å². The van der Waals surface area contributed by atoms with Crippen molar-refractivity contribution in [3.05, 3.63) is 60.2 Å². The van der Waals surface area contributed by atoms with E-state index in [-0.39, 0.29) is 11.8 Å². The maximum absolute atomic E-state index is 12.8. The van der Waals surface area contributed by atoms with Gasteiger partial charge in [0.15, 0.2) is 0 Å². The van der Waals surface area contributed by atoms with Gasteiger partial charge in [0, 0.05) is 31.7 Å². The Labute approximate surface area is 136 Å². The van der Waals surface area contributed by atoms with Gasteiger partial charge < -0.3 is 9.80 Å². The number of amides is 2. The Kier molecular flexibility index (Phi) is 4.42. The smallest absolute Gasteiger partial charge is 0.254 e. The van der Waals surface area contributed by atoms with E-state index in [0.717, 1.165) is 16.3 Å². The van der Waals surface area contributed by atoms with Gasteiger partial charge >= 0.3 is 0 Å². The SMILES string of the molecule is CC=CC(=O)N1CCN(C(=O)c2cccc3ccccc23)CC1. The highest BCUT2D eigenvalue weighted by Crippen LogP contribution is 2.20. The van der Waals surface area contributed by atoms with Crippen LogP contribution in [-0.2, 0) is 4.79 Å². The van der Waals surface area contributed by atoms with Crippen molar-refractivity contribution in [2.45, 2.75) is 6.92 Å². The molecule has 1 aliphatic rings. The van der Waals surface area contributed by atoms with Crippen molar-refractivity contribution in [2.24, 2.45) is 0 Å². The molecule has 2 aromatic rings. The van der Waals surface area contributed by atoms with Gasteiger partial charge in [0.25, 0.3) is 5.91 Å². The zero-order valence-electron chi connectivity index (χ0n) is 13.2. The first-order chi connectivity index (χ1) is 11.2. The van der Waals surface area contributed by atoms with Gasteiger partial charge in [-0.1, -0.05) is 42.5 Å². The lowest BCUT2D eigenvalue weighted by molar-refractivity contribution is -0.127. The predicted molar refractivity (Wildman–Crippen MR) is 91.2 cm³/mol. The highest BCUT2D eigenvalue weighted by atomic mass is 16.2. The molecule has 23 heavy (non-hydrogen) atoms. The molecule has 0 radical (unpaired) electrons. The van der Waals surface area contributed by atoms with Crippen LogP contribution in [0.4, 0.5) is 0 Å². The summed E-state index contributed by atoms with van der Waals surface area (Å²) < 4.78 is 0. The molecular weight excluding hydrogens is 288 g/mol. The summed E-state index contributed by atoms with van der Waals surface area (Å²) in [4.78, 5) is 28.3. The van der Waals surface area contributed by atoms with Crippen molar-refractivity contribution in [3.63, 3.8) is 0 Å². The van der Waals surface area contributed by atoms with Crippen LogP contribution in [0.5, 0.6) is 0 Å². The quantitative estimate of drug-likeness (QED) is 0.800. The lowest BCUT2D eigenvalue weighted by atomic mass is 10.0. The van der Waals surface area contributed by atoms with Gasteiger partial charge in [-0.2, -0.15) is 0 Å². The molecule has 0 bridgehead atoms. The third kappa shape index (κ3) is 3.11. The molecule has 4 nitrogen and oxygen atoms in total. The number of carbonyl (C=O) groups excluding carboxylic acids is 2. The molecule has 1 heterocycles. The summed E-state index contributed by atoms with van der Waals surface area (Å²) in [6, 6.07) is 13.7. The Bertz CT molecular complexity index is 754. The van der Waals surface area contributed by atoms with E-state index in [2.05, 4.69) is 0 Å². The van der Waals surface area contributed by atoms with Crippen molar-refractivity contribution in [1.29, 1.82) is 0 Å². The number of piperazine rings is 1. The summed E-state index contributed by atoms with van der Waals surface area (Å²) in [6.07, 6.45) is 3.32. The molecule has 1 fully saturated rings. The number of fused-ring (bicyclic) bond motifs is 1. The standard InChI is InChI=1S/C19H20N2O2/c1-2-6-18(22)20-11-13-21(14-12-20)19(23)17-10-5-8-15-7-3-4-9-16(15)17/h2-10H,11-14H2,1H3. The Balaban J connectivity index is 1.76. The van der Waals surface area contributed by atoms with E-state index in [9.17, 15) is 9.59 Å². The lowest BCUT2D eigenvalue weighted by Gasteiger charge is -2.34. The molecule has 0 saturated carbocycles. The number of carbonyl (C=O) groups is 2. The molecule has 4 heteroatoms. The number of nitrogens with zero attached hydrogens (tertiary/aromatic N) is 2. The first kappa shape index (κ1) is 15.3. The molecule has 0 aliphatic carbocycles. The second-order valence-electron chi connectivity index (χ2n) is 5.64. The van der Waals surface area contributed by atoms with Crippen molar-refractivity contribution >= 4 is 22.6 Å². The molecule has 3 rings (SSSR count). The number of benzene rings is 2. The topological polar surface area (TPSA) is 40.6 Å². The van der Waals surface area contributed by atoms with Crippen LogP contribution in [0, 0.1) is 0 Å². The second kappa shape index (κ2) is 6.65. The molecular formula is C19H20N2O2. The molecule has 0 unspecified atom stereocenters. The Morgan fingerprint density at radius 3 is 2.30 bits per heavy atom. The van der Waals surface area contributed by atoms with Crippen molar-refractivity contribution < 1.29 is 9.59 Å². The first-order valence-electron chi connectivity index (χ1n) is 7.89. The summed E-state index contributed by atoms with van der Waals surface area (Å²) in [5.74, 6) is 0.0599. The van der Waals surface area contributed by atoms with Gasteiger partial charge in [0.05, 0.1) is 0 Å². The number of hydrogen-bond acceptors (Lipinski definition) is 2. The van der Waals surface area contributed by atoms with Crippen LogP contribution < -0.4 is 0 Å². The summed E-state index contributed by atoms with van der Waals surface area (Å²) >= 11 is 0. The van der Waals surface area contributed by atoms with E-state index in [1.54, 1.807) is 17.1 Å². The average Bonchev–Trinajstić information content (AvgIpc) is 2.61. The van der Waals surface area contributed by atoms with Crippen LogP contribution in [0.3, 0.4) is 0 Å². The highest BCUT2D eigenvalue weighted by Gasteiger charge is 2.24. The van der Waals surface area contributed by atoms with Gasteiger partial charge in [-0.05, 0) is 29.8 Å². The molecule has 0 aromatic heterocycles. The summed E-state index contributed by atoms with van der Waals surface area (Å²) in [5, 5.41) is 2.05. The van der Waals surface area contributed by atoms with Crippen LogP contribution in [0.2, 0.25) is 0 Å². The third-order valence-electron chi connectivity index (χ3n) is 4.21. The van der Waals surface area contributed by atoms with Gasteiger partial charge in [-0.3, -0.25) is 9.59 Å². The Morgan fingerprint density at radius 2 is 1.57 bits per heavy atom. The zero-order valence-corrected chi connectivity index (χ0v) is 13.2.